The van der Waals surface area contributed by atoms with Crippen molar-refractivity contribution in [3.8, 4) is 0 Å². The van der Waals surface area contributed by atoms with Crippen molar-refractivity contribution >= 4 is 35.0 Å². The molecule has 88 valence electrons. The fraction of sp³-hybridized carbons (Fsp3) is 0.500. The van der Waals surface area contributed by atoms with Crippen molar-refractivity contribution in [1.82, 2.24) is 0 Å². The van der Waals surface area contributed by atoms with Gasteiger partial charge in [0.2, 0.25) is 0 Å². The van der Waals surface area contributed by atoms with E-state index in [4.69, 9.17) is 28.9 Å². The van der Waals surface area contributed by atoms with Gasteiger partial charge in [-0.05, 0) is 31.0 Å². The van der Waals surface area contributed by atoms with Gasteiger partial charge in [0.25, 0.3) is 0 Å². The molecule has 0 amide bonds. The summed E-state index contributed by atoms with van der Waals surface area (Å²) in [7, 11) is 0. The first kappa shape index (κ1) is 12.6. The summed E-state index contributed by atoms with van der Waals surface area (Å²) in [5.41, 5.74) is 6.12. The van der Waals surface area contributed by atoms with E-state index in [9.17, 15) is 0 Å². The molecule has 1 aromatic rings. The maximum atomic E-state index is 6.14. The zero-order valence-corrected chi connectivity index (χ0v) is 11.3. The van der Waals surface area contributed by atoms with Crippen molar-refractivity contribution in [3.63, 3.8) is 0 Å². The van der Waals surface area contributed by atoms with Crippen LogP contribution in [0.3, 0.4) is 0 Å². The average molecular weight is 276 g/mol. The quantitative estimate of drug-likeness (QED) is 0.868. The molecule has 2 rings (SSSR count). The van der Waals surface area contributed by atoms with Gasteiger partial charge in [0.15, 0.2) is 0 Å². The van der Waals surface area contributed by atoms with E-state index >= 15 is 0 Å². The summed E-state index contributed by atoms with van der Waals surface area (Å²) < 4.78 is 0. The summed E-state index contributed by atoms with van der Waals surface area (Å²) in [6.07, 6.45) is 4.82. The molecule has 0 radical (unpaired) electrons. The number of hydrogen-bond donors (Lipinski definition) is 1. The third kappa shape index (κ3) is 3.07. The second-order valence-electron chi connectivity index (χ2n) is 4.18. The maximum absolute atomic E-state index is 6.14. The normalized spacial score (nSPS) is 25.7. The third-order valence-electron chi connectivity index (χ3n) is 2.93. The second kappa shape index (κ2) is 5.63. The van der Waals surface area contributed by atoms with Crippen molar-refractivity contribution in [3.05, 3.63) is 28.2 Å². The minimum absolute atomic E-state index is 0.286. The molecule has 2 atom stereocenters. The fourth-order valence-electron chi connectivity index (χ4n) is 2.00. The lowest BCUT2D eigenvalue weighted by molar-refractivity contribution is 0.453. The van der Waals surface area contributed by atoms with Crippen LogP contribution >= 0.6 is 35.0 Å². The van der Waals surface area contributed by atoms with E-state index in [0.29, 0.717) is 5.25 Å². The van der Waals surface area contributed by atoms with Crippen molar-refractivity contribution in [1.29, 1.82) is 0 Å². The smallest absolute Gasteiger partial charge is 0.0543 e. The van der Waals surface area contributed by atoms with Gasteiger partial charge in [-0.15, -0.1) is 11.8 Å². The van der Waals surface area contributed by atoms with Gasteiger partial charge >= 0.3 is 0 Å². The number of benzene rings is 1. The molecule has 0 bridgehead atoms. The van der Waals surface area contributed by atoms with Crippen molar-refractivity contribution < 1.29 is 0 Å². The third-order valence-corrected chi connectivity index (χ3v) is 5.08. The van der Waals surface area contributed by atoms with Crippen LogP contribution < -0.4 is 5.73 Å². The summed E-state index contributed by atoms with van der Waals surface area (Å²) in [6.45, 7) is 0. The molecule has 0 spiro atoms. The van der Waals surface area contributed by atoms with Crippen LogP contribution in [0.1, 0.15) is 25.7 Å². The lowest BCUT2D eigenvalue weighted by Gasteiger charge is -2.28. The maximum Gasteiger partial charge on any atom is 0.0543 e. The Morgan fingerprint density at radius 2 is 1.94 bits per heavy atom. The molecule has 1 saturated carbocycles. The van der Waals surface area contributed by atoms with Crippen LogP contribution in [0.2, 0.25) is 10.0 Å². The largest absolute Gasteiger partial charge is 0.327 e. The Balaban J connectivity index is 2.10. The molecule has 16 heavy (non-hydrogen) atoms. The lowest BCUT2D eigenvalue weighted by atomic mass is 9.96. The molecule has 0 saturated heterocycles. The van der Waals surface area contributed by atoms with E-state index in [0.717, 1.165) is 21.4 Å². The van der Waals surface area contributed by atoms with Gasteiger partial charge in [-0.2, -0.15) is 0 Å². The summed E-state index contributed by atoms with van der Waals surface area (Å²) in [5.74, 6) is 0. The molecule has 1 aliphatic carbocycles. The van der Waals surface area contributed by atoms with E-state index < -0.39 is 0 Å². The second-order valence-corrected chi connectivity index (χ2v) is 6.30. The summed E-state index contributed by atoms with van der Waals surface area (Å²) in [6, 6.07) is 5.87. The van der Waals surface area contributed by atoms with E-state index in [2.05, 4.69) is 0 Å². The van der Waals surface area contributed by atoms with Gasteiger partial charge in [0.1, 0.15) is 0 Å². The van der Waals surface area contributed by atoms with Gasteiger partial charge < -0.3 is 5.73 Å². The van der Waals surface area contributed by atoms with E-state index in [1.165, 1.54) is 19.3 Å². The highest BCUT2D eigenvalue weighted by atomic mass is 35.5. The molecule has 2 N–H and O–H groups in total. The molecule has 1 fully saturated rings. The Kier molecular flexibility index (Phi) is 4.42. The molecule has 2 unspecified atom stereocenters. The van der Waals surface area contributed by atoms with Gasteiger partial charge in [0, 0.05) is 21.2 Å². The first-order chi connectivity index (χ1) is 7.66. The Labute approximate surface area is 111 Å². The highest BCUT2D eigenvalue weighted by molar-refractivity contribution is 8.00. The molecule has 1 nitrogen and oxygen atoms in total. The number of nitrogens with two attached hydrogens (primary N) is 1. The molecule has 0 aromatic heterocycles. The highest BCUT2D eigenvalue weighted by Crippen LogP contribution is 2.37. The predicted molar refractivity (Wildman–Crippen MR) is 72.6 cm³/mol. The predicted octanol–water partition coefficient (Wildman–Crippen LogP) is 4.36. The molecule has 0 heterocycles. The van der Waals surface area contributed by atoms with Crippen molar-refractivity contribution in [2.24, 2.45) is 5.73 Å². The molecule has 4 heteroatoms. The molecular weight excluding hydrogens is 261 g/mol. The fourth-order valence-corrected chi connectivity index (χ4v) is 3.79. The van der Waals surface area contributed by atoms with Gasteiger partial charge in [-0.1, -0.05) is 36.0 Å². The van der Waals surface area contributed by atoms with Gasteiger partial charge in [-0.25, -0.2) is 0 Å². The number of halogens is 2. The summed E-state index contributed by atoms with van der Waals surface area (Å²) in [5, 5.41) is 1.98. The van der Waals surface area contributed by atoms with Gasteiger partial charge in [-0.3, -0.25) is 0 Å². The first-order valence-electron chi connectivity index (χ1n) is 5.54. The summed E-state index contributed by atoms with van der Waals surface area (Å²) in [4.78, 5) is 1.05. The molecule has 1 aliphatic rings. The molecule has 0 aliphatic heterocycles. The number of hydrogen-bond acceptors (Lipinski definition) is 2. The molecular formula is C12H15Cl2NS. The van der Waals surface area contributed by atoms with Crippen LogP contribution in [0.4, 0.5) is 0 Å². The topological polar surface area (TPSA) is 26.0 Å². The number of thioether (sulfide) groups is 1. The summed E-state index contributed by atoms with van der Waals surface area (Å²) >= 11 is 13.9. The van der Waals surface area contributed by atoms with Crippen LogP contribution in [0.25, 0.3) is 0 Å². The van der Waals surface area contributed by atoms with E-state index in [1.807, 2.05) is 18.2 Å². The first-order valence-corrected chi connectivity index (χ1v) is 7.17. The Bertz CT molecular complexity index is 370. The van der Waals surface area contributed by atoms with Crippen LogP contribution in [0.5, 0.6) is 0 Å². The van der Waals surface area contributed by atoms with Crippen LogP contribution in [-0.2, 0) is 0 Å². The monoisotopic (exact) mass is 275 g/mol. The zero-order chi connectivity index (χ0) is 11.5. The van der Waals surface area contributed by atoms with E-state index in [1.54, 1.807) is 11.8 Å². The SMILES string of the molecule is NC1CCCCC1Sc1cc(Cl)ccc1Cl. The van der Waals surface area contributed by atoms with Crippen molar-refractivity contribution in [2.45, 2.75) is 41.9 Å². The van der Waals surface area contributed by atoms with Crippen molar-refractivity contribution in [2.75, 3.05) is 0 Å². The average Bonchev–Trinajstić information content (AvgIpc) is 2.27. The Morgan fingerprint density at radius 3 is 2.69 bits per heavy atom. The van der Waals surface area contributed by atoms with E-state index in [-0.39, 0.29) is 6.04 Å². The zero-order valence-electron chi connectivity index (χ0n) is 8.96. The minimum atomic E-state index is 0.286. The van der Waals surface area contributed by atoms with Crippen LogP contribution in [-0.4, -0.2) is 11.3 Å². The lowest BCUT2D eigenvalue weighted by Crippen LogP contribution is -2.35. The minimum Gasteiger partial charge on any atom is -0.327 e. The Hall–Kier alpha value is 0.110. The standard InChI is InChI=1S/C12H15Cl2NS/c13-8-5-6-9(14)12(7-8)16-11-4-2-1-3-10(11)15/h5-7,10-11H,1-4,15H2. The highest BCUT2D eigenvalue weighted by Gasteiger charge is 2.23. The van der Waals surface area contributed by atoms with Crippen LogP contribution in [0.15, 0.2) is 23.1 Å². The van der Waals surface area contributed by atoms with Crippen LogP contribution in [0, 0.1) is 0 Å². The number of rotatable bonds is 2. The van der Waals surface area contributed by atoms with Gasteiger partial charge in [0.05, 0.1) is 5.02 Å². The Morgan fingerprint density at radius 1 is 1.19 bits per heavy atom. The molecule has 1 aromatic carbocycles.